The molecule has 1 rings (SSSR count). The standard InChI is InChI=1S/C12H14/c1-4-11(5-2)12-9-7-6-8-10(12)3/h4-9H,1H2,2-3H3/b11-5-. The van der Waals surface area contributed by atoms with E-state index in [1.165, 1.54) is 16.7 Å². The summed E-state index contributed by atoms with van der Waals surface area (Å²) in [6, 6.07) is 8.33. The molecular weight excluding hydrogens is 144 g/mol. The highest BCUT2D eigenvalue weighted by Crippen LogP contribution is 2.18. The van der Waals surface area contributed by atoms with Crippen LogP contribution < -0.4 is 0 Å². The van der Waals surface area contributed by atoms with E-state index < -0.39 is 0 Å². The highest BCUT2D eigenvalue weighted by molar-refractivity contribution is 5.75. The Labute approximate surface area is 74.2 Å². The second kappa shape index (κ2) is 3.91. The van der Waals surface area contributed by atoms with E-state index in [0.717, 1.165) is 0 Å². The van der Waals surface area contributed by atoms with Crippen molar-refractivity contribution >= 4 is 5.57 Å². The zero-order chi connectivity index (χ0) is 8.97. The lowest BCUT2D eigenvalue weighted by Gasteiger charge is -2.04. The number of benzene rings is 1. The summed E-state index contributed by atoms with van der Waals surface area (Å²) in [5.41, 5.74) is 3.77. The molecule has 1 aromatic carbocycles. The van der Waals surface area contributed by atoms with E-state index in [0.29, 0.717) is 0 Å². The fourth-order valence-corrected chi connectivity index (χ4v) is 1.28. The van der Waals surface area contributed by atoms with Crippen LogP contribution in [0, 0.1) is 6.92 Å². The van der Waals surface area contributed by atoms with Crippen molar-refractivity contribution in [3.05, 3.63) is 54.1 Å². The lowest BCUT2D eigenvalue weighted by atomic mass is 10.0. The average Bonchev–Trinajstić information content (AvgIpc) is 2.10. The van der Waals surface area contributed by atoms with Crippen molar-refractivity contribution in [1.82, 2.24) is 0 Å². The van der Waals surface area contributed by atoms with E-state index in [2.05, 4.69) is 43.8 Å². The highest BCUT2D eigenvalue weighted by atomic mass is 14.0. The molecule has 0 heterocycles. The van der Waals surface area contributed by atoms with Crippen LogP contribution in [0.15, 0.2) is 43.0 Å². The smallest absolute Gasteiger partial charge is 0.0158 e. The van der Waals surface area contributed by atoms with Crippen LogP contribution in [0.3, 0.4) is 0 Å². The average molecular weight is 158 g/mol. The maximum absolute atomic E-state index is 3.78. The third-order valence-corrected chi connectivity index (χ3v) is 1.99. The maximum Gasteiger partial charge on any atom is -0.0158 e. The summed E-state index contributed by atoms with van der Waals surface area (Å²) >= 11 is 0. The number of allylic oxidation sites excluding steroid dienone is 3. The van der Waals surface area contributed by atoms with Gasteiger partial charge in [-0.3, -0.25) is 0 Å². The summed E-state index contributed by atoms with van der Waals surface area (Å²) in [7, 11) is 0. The van der Waals surface area contributed by atoms with Gasteiger partial charge in [0, 0.05) is 0 Å². The Balaban J connectivity index is 3.18. The van der Waals surface area contributed by atoms with Crippen LogP contribution in [0.1, 0.15) is 18.1 Å². The summed E-state index contributed by atoms with van der Waals surface area (Å²) in [5, 5.41) is 0. The molecule has 0 atom stereocenters. The molecular formula is C12H14. The lowest BCUT2D eigenvalue weighted by molar-refractivity contribution is 1.42. The third-order valence-electron chi connectivity index (χ3n) is 1.99. The first kappa shape index (κ1) is 8.79. The molecule has 1 aromatic rings. The number of hydrogen-bond acceptors (Lipinski definition) is 0. The summed E-state index contributed by atoms with van der Waals surface area (Å²) in [6.45, 7) is 7.93. The van der Waals surface area contributed by atoms with Crippen LogP contribution in [0.4, 0.5) is 0 Å². The molecule has 0 aliphatic heterocycles. The minimum absolute atomic E-state index is 1.20. The Bertz CT molecular complexity index is 306. The van der Waals surface area contributed by atoms with E-state index in [1.807, 2.05) is 13.0 Å². The first-order valence-electron chi connectivity index (χ1n) is 4.14. The minimum Gasteiger partial charge on any atom is -0.0985 e. The highest BCUT2D eigenvalue weighted by Gasteiger charge is 1.97. The van der Waals surface area contributed by atoms with E-state index >= 15 is 0 Å². The molecule has 0 fully saturated rings. The van der Waals surface area contributed by atoms with Crippen molar-refractivity contribution in [3.8, 4) is 0 Å². The molecule has 0 amide bonds. The molecule has 0 saturated heterocycles. The van der Waals surface area contributed by atoms with Gasteiger partial charge in [-0.05, 0) is 30.5 Å². The third kappa shape index (κ3) is 1.65. The molecule has 0 nitrogen and oxygen atoms in total. The molecule has 0 bridgehead atoms. The van der Waals surface area contributed by atoms with Gasteiger partial charge in [0.1, 0.15) is 0 Å². The number of hydrogen-bond donors (Lipinski definition) is 0. The fourth-order valence-electron chi connectivity index (χ4n) is 1.28. The summed E-state index contributed by atoms with van der Waals surface area (Å²) in [4.78, 5) is 0. The van der Waals surface area contributed by atoms with E-state index in [-0.39, 0.29) is 0 Å². The molecule has 0 heteroatoms. The Morgan fingerprint density at radius 1 is 1.33 bits per heavy atom. The molecule has 0 unspecified atom stereocenters. The number of aryl methyl sites for hydroxylation is 1. The second-order valence-electron chi connectivity index (χ2n) is 2.76. The van der Waals surface area contributed by atoms with Gasteiger partial charge in [-0.1, -0.05) is 43.0 Å². The lowest BCUT2D eigenvalue weighted by Crippen LogP contribution is -1.84. The first-order chi connectivity index (χ1) is 5.79. The van der Waals surface area contributed by atoms with E-state index in [1.54, 1.807) is 0 Å². The Hall–Kier alpha value is -1.30. The molecule has 0 spiro atoms. The summed E-state index contributed by atoms with van der Waals surface area (Å²) < 4.78 is 0. The van der Waals surface area contributed by atoms with Gasteiger partial charge in [0.15, 0.2) is 0 Å². The van der Waals surface area contributed by atoms with Crippen molar-refractivity contribution in [2.45, 2.75) is 13.8 Å². The second-order valence-corrected chi connectivity index (χ2v) is 2.76. The number of rotatable bonds is 2. The van der Waals surface area contributed by atoms with Crippen molar-refractivity contribution in [3.63, 3.8) is 0 Å². The first-order valence-corrected chi connectivity index (χ1v) is 4.14. The van der Waals surface area contributed by atoms with Gasteiger partial charge in [-0.15, -0.1) is 0 Å². The largest absolute Gasteiger partial charge is 0.0985 e. The molecule has 12 heavy (non-hydrogen) atoms. The van der Waals surface area contributed by atoms with Crippen LogP contribution in [0.5, 0.6) is 0 Å². The minimum atomic E-state index is 1.20. The fraction of sp³-hybridized carbons (Fsp3) is 0.167. The maximum atomic E-state index is 3.78. The van der Waals surface area contributed by atoms with Crippen LogP contribution >= 0.6 is 0 Å². The predicted octanol–water partition coefficient (Wildman–Crippen LogP) is 3.58. The SMILES string of the molecule is C=C/C(=C/C)c1ccccc1C. The quantitative estimate of drug-likeness (QED) is 0.577. The van der Waals surface area contributed by atoms with E-state index in [9.17, 15) is 0 Å². The van der Waals surface area contributed by atoms with Crippen molar-refractivity contribution in [1.29, 1.82) is 0 Å². The van der Waals surface area contributed by atoms with Gasteiger partial charge >= 0.3 is 0 Å². The van der Waals surface area contributed by atoms with Gasteiger partial charge in [0.05, 0.1) is 0 Å². The molecule has 0 saturated carbocycles. The Kier molecular flexibility index (Phi) is 2.87. The normalized spacial score (nSPS) is 11.3. The molecule has 0 aliphatic rings. The van der Waals surface area contributed by atoms with Gasteiger partial charge in [0.2, 0.25) is 0 Å². The van der Waals surface area contributed by atoms with Crippen LogP contribution in [-0.2, 0) is 0 Å². The van der Waals surface area contributed by atoms with Crippen LogP contribution in [0.2, 0.25) is 0 Å². The van der Waals surface area contributed by atoms with Crippen LogP contribution in [-0.4, -0.2) is 0 Å². The molecule has 0 aliphatic carbocycles. The van der Waals surface area contributed by atoms with E-state index in [4.69, 9.17) is 0 Å². The molecule has 0 radical (unpaired) electrons. The summed E-state index contributed by atoms with van der Waals surface area (Å²) in [6.07, 6.45) is 3.97. The van der Waals surface area contributed by atoms with Gasteiger partial charge in [-0.25, -0.2) is 0 Å². The molecule has 0 N–H and O–H groups in total. The Morgan fingerprint density at radius 2 is 2.00 bits per heavy atom. The van der Waals surface area contributed by atoms with Crippen molar-refractivity contribution < 1.29 is 0 Å². The molecule has 62 valence electrons. The molecule has 0 aromatic heterocycles. The van der Waals surface area contributed by atoms with Gasteiger partial charge in [0.25, 0.3) is 0 Å². The zero-order valence-electron chi connectivity index (χ0n) is 7.67. The zero-order valence-corrected chi connectivity index (χ0v) is 7.67. The van der Waals surface area contributed by atoms with Crippen molar-refractivity contribution in [2.75, 3.05) is 0 Å². The van der Waals surface area contributed by atoms with Gasteiger partial charge < -0.3 is 0 Å². The predicted molar refractivity (Wildman–Crippen MR) is 55.0 cm³/mol. The summed E-state index contributed by atoms with van der Waals surface area (Å²) in [5.74, 6) is 0. The van der Waals surface area contributed by atoms with Gasteiger partial charge in [-0.2, -0.15) is 0 Å². The Morgan fingerprint density at radius 3 is 2.50 bits per heavy atom. The topological polar surface area (TPSA) is 0 Å². The monoisotopic (exact) mass is 158 g/mol. The van der Waals surface area contributed by atoms with Crippen LogP contribution in [0.25, 0.3) is 5.57 Å². The van der Waals surface area contributed by atoms with Crippen molar-refractivity contribution in [2.24, 2.45) is 0 Å².